The smallest absolute Gasteiger partial charge is 0.227 e. The molecule has 74 valence electrons. The summed E-state index contributed by atoms with van der Waals surface area (Å²) in [6.07, 6.45) is 0.533. The Morgan fingerprint density at radius 1 is 1.62 bits per heavy atom. The largest absolute Gasteiger partial charge is 0.387 e. The van der Waals surface area contributed by atoms with E-state index in [0.717, 1.165) is 4.31 Å². The maximum atomic E-state index is 11.2. The summed E-state index contributed by atoms with van der Waals surface area (Å²) >= 11 is 0. The average Bonchev–Trinajstić information content (AvgIpc) is 1.98. The first-order chi connectivity index (χ1) is 5.93. The maximum absolute atomic E-state index is 11.2. The second-order valence-electron chi connectivity index (χ2n) is 3.26. The molecule has 1 saturated heterocycles. The van der Waals surface area contributed by atoms with Crippen LogP contribution in [-0.4, -0.2) is 42.3 Å². The summed E-state index contributed by atoms with van der Waals surface area (Å²) in [6, 6.07) is 1.59. The highest BCUT2D eigenvalue weighted by Crippen LogP contribution is 2.26. The summed E-state index contributed by atoms with van der Waals surface area (Å²) < 4.78 is 23.6. The van der Waals surface area contributed by atoms with Gasteiger partial charge in [0.1, 0.15) is 0 Å². The van der Waals surface area contributed by atoms with Gasteiger partial charge in [-0.25, -0.2) is 8.42 Å². The lowest BCUT2D eigenvalue weighted by Crippen LogP contribution is -2.63. The van der Waals surface area contributed by atoms with Crippen molar-refractivity contribution in [3.63, 3.8) is 0 Å². The van der Waals surface area contributed by atoms with Crippen LogP contribution >= 0.6 is 0 Å². The van der Waals surface area contributed by atoms with Gasteiger partial charge < -0.3 is 5.11 Å². The van der Waals surface area contributed by atoms with E-state index in [0.29, 0.717) is 6.42 Å². The van der Waals surface area contributed by atoms with Gasteiger partial charge in [0.2, 0.25) is 10.0 Å². The van der Waals surface area contributed by atoms with Crippen molar-refractivity contribution < 1.29 is 13.5 Å². The quantitative estimate of drug-likeness (QED) is 0.659. The Morgan fingerprint density at radius 3 is 2.54 bits per heavy atom. The zero-order valence-corrected chi connectivity index (χ0v) is 8.21. The SMILES string of the molecule is CCC1(O)CN(S(=O)(=O)CC#N)C1. The van der Waals surface area contributed by atoms with Crippen molar-refractivity contribution >= 4 is 10.0 Å². The van der Waals surface area contributed by atoms with E-state index in [2.05, 4.69) is 0 Å². The molecule has 0 aromatic carbocycles. The van der Waals surface area contributed by atoms with Gasteiger partial charge in [-0.15, -0.1) is 0 Å². The molecule has 0 aromatic rings. The molecule has 1 fully saturated rings. The van der Waals surface area contributed by atoms with Crippen molar-refractivity contribution in [2.24, 2.45) is 0 Å². The lowest BCUT2D eigenvalue weighted by Gasteiger charge is -2.44. The van der Waals surface area contributed by atoms with Gasteiger partial charge in [-0.05, 0) is 6.42 Å². The van der Waals surface area contributed by atoms with Crippen LogP contribution in [0.25, 0.3) is 0 Å². The monoisotopic (exact) mass is 204 g/mol. The van der Waals surface area contributed by atoms with Crippen molar-refractivity contribution in [2.75, 3.05) is 18.8 Å². The molecule has 0 spiro atoms. The minimum absolute atomic E-state index is 0.119. The van der Waals surface area contributed by atoms with Gasteiger partial charge in [-0.1, -0.05) is 6.92 Å². The van der Waals surface area contributed by atoms with E-state index in [1.165, 1.54) is 0 Å². The predicted molar refractivity (Wildman–Crippen MR) is 46.2 cm³/mol. The van der Waals surface area contributed by atoms with Crippen molar-refractivity contribution in [3.8, 4) is 6.07 Å². The van der Waals surface area contributed by atoms with E-state index >= 15 is 0 Å². The van der Waals surface area contributed by atoms with Gasteiger partial charge in [0, 0.05) is 13.1 Å². The van der Waals surface area contributed by atoms with Gasteiger partial charge in [0.15, 0.2) is 5.75 Å². The molecule has 13 heavy (non-hydrogen) atoms. The summed E-state index contributed by atoms with van der Waals surface area (Å²) in [5.41, 5.74) is -0.872. The molecule has 0 atom stereocenters. The number of β-amino-alcohol motifs (C(OH)–C–C–N with tert-alkyl or cyclic N) is 1. The minimum Gasteiger partial charge on any atom is -0.387 e. The van der Waals surface area contributed by atoms with Crippen molar-refractivity contribution in [1.82, 2.24) is 4.31 Å². The van der Waals surface area contributed by atoms with Crippen LogP contribution in [0.3, 0.4) is 0 Å². The predicted octanol–water partition coefficient (Wildman–Crippen LogP) is -0.704. The van der Waals surface area contributed by atoms with Gasteiger partial charge >= 0.3 is 0 Å². The summed E-state index contributed by atoms with van der Waals surface area (Å²) in [6.45, 7) is 2.04. The van der Waals surface area contributed by atoms with E-state index in [9.17, 15) is 13.5 Å². The molecule has 0 saturated carbocycles. The molecule has 6 heteroatoms. The Bertz CT molecular complexity index is 324. The summed E-state index contributed by atoms with van der Waals surface area (Å²) in [4.78, 5) is 0. The number of rotatable bonds is 3. The topological polar surface area (TPSA) is 81.4 Å². The summed E-state index contributed by atoms with van der Waals surface area (Å²) in [5, 5.41) is 17.8. The molecule has 1 heterocycles. The number of nitriles is 1. The Morgan fingerprint density at radius 2 is 2.15 bits per heavy atom. The molecule has 0 unspecified atom stereocenters. The molecule has 1 aliphatic heterocycles. The standard InChI is InChI=1S/C7H12N2O3S/c1-2-7(10)5-9(6-7)13(11,12)4-3-8/h10H,2,4-6H2,1H3. The van der Waals surface area contributed by atoms with Crippen LogP contribution in [-0.2, 0) is 10.0 Å². The third-order valence-electron chi connectivity index (χ3n) is 2.24. The van der Waals surface area contributed by atoms with Gasteiger partial charge in [0.05, 0.1) is 11.7 Å². The number of nitrogens with zero attached hydrogens (tertiary/aromatic N) is 2. The number of hydrogen-bond acceptors (Lipinski definition) is 4. The number of hydrogen-bond donors (Lipinski definition) is 1. The molecule has 0 aromatic heterocycles. The highest BCUT2D eigenvalue weighted by atomic mass is 32.2. The number of aliphatic hydroxyl groups is 1. The molecule has 1 rings (SSSR count). The van der Waals surface area contributed by atoms with Crippen LogP contribution < -0.4 is 0 Å². The van der Waals surface area contributed by atoms with Crippen LogP contribution in [0, 0.1) is 11.3 Å². The van der Waals surface area contributed by atoms with Crippen LogP contribution in [0.4, 0.5) is 0 Å². The molecule has 0 bridgehead atoms. The van der Waals surface area contributed by atoms with Crippen LogP contribution in [0.1, 0.15) is 13.3 Å². The van der Waals surface area contributed by atoms with Crippen LogP contribution in [0.2, 0.25) is 0 Å². The van der Waals surface area contributed by atoms with Crippen LogP contribution in [0.5, 0.6) is 0 Å². The van der Waals surface area contributed by atoms with Crippen molar-refractivity contribution in [1.29, 1.82) is 5.26 Å². The zero-order valence-electron chi connectivity index (χ0n) is 7.39. The molecule has 5 nitrogen and oxygen atoms in total. The van der Waals surface area contributed by atoms with Gasteiger partial charge in [-0.3, -0.25) is 0 Å². The van der Waals surface area contributed by atoms with E-state index in [1.54, 1.807) is 13.0 Å². The first-order valence-electron chi connectivity index (χ1n) is 4.01. The third kappa shape index (κ3) is 1.99. The fourth-order valence-corrected chi connectivity index (χ4v) is 2.42. The van der Waals surface area contributed by atoms with E-state index in [1.807, 2.05) is 0 Å². The first-order valence-corrected chi connectivity index (χ1v) is 5.61. The van der Waals surface area contributed by atoms with E-state index < -0.39 is 21.4 Å². The highest BCUT2D eigenvalue weighted by molar-refractivity contribution is 7.89. The fraction of sp³-hybridized carbons (Fsp3) is 0.857. The maximum Gasteiger partial charge on any atom is 0.227 e. The summed E-state index contributed by atoms with van der Waals surface area (Å²) in [5.74, 6) is -0.507. The Hall–Kier alpha value is -0.640. The zero-order chi connectivity index (χ0) is 10.1. The molecular weight excluding hydrogens is 192 g/mol. The van der Waals surface area contributed by atoms with Gasteiger partial charge in [-0.2, -0.15) is 9.57 Å². The normalized spacial score (nSPS) is 21.9. The molecule has 0 radical (unpaired) electrons. The van der Waals surface area contributed by atoms with E-state index in [-0.39, 0.29) is 13.1 Å². The lowest BCUT2D eigenvalue weighted by atomic mass is 9.94. The fourth-order valence-electron chi connectivity index (χ4n) is 1.20. The lowest BCUT2D eigenvalue weighted by molar-refractivity contribution is -0.0612. The molecule has 0 aliphatic carbocycles. The third-order valence-corrected chi connectivity index (χ3v) is 3.78. The Labute approximate surface area is 77.6 Å². The minimum atomic E-state index is -3.44. The molecule has 1 N–H and O–H groups in total. The molecular formula is C7H12N2O3S. The Kier molecular flexibility index (Phi) is 2.61. The number of sulfonamides is 1. The molecule has 0 amide bonds. The van der Waals surface area contributed by atoms with Crippen LogP contribution in [0.15, 0.2) is 0 Å². The summed E-state index contributed by atoms with van der Waals surface area (Å²) in [7, 11) is -3.44. The van der Waals surface area contributed by atoms with Crippen molar-refractivity contribution in [2.45, 2.75) is 18.9 Å². The average molecular weight is 204 g/mol. The second kappa shape index (κ2) is 3.25. The highest BCUT2D eigenvalue weighted by Gasteiger charge is 2.45. The van der Waals surface area contributed by atoms with E-state index in [4.69, 9.17) is 5.26 Å². The van der Waals surface area contributed by atoms with Gasteiger partial charge in [0.25, 0.3) is 0 Å². The van der Waals surface area contributed by atoms with Crippen molar-refractivity contribution in [3.05, 3.63) is 0 Å². The second-order valence-corrected chi connectivity index (χ2v) is 5.23. The Balaban J connectivity index is 2.58. The molecule has 1 aliphatic rings. The first kappa shape index (κ1) is 10.4.